The van der Waals surface area contributed by atoms with Crippen molar-refractivity contribution in [1.82, 2.24) is 15.2 Å². The molecule has 0 saturated carbocycles. The highest BCUT2D eigenvalue weighted by Crippen LogP contribution is 2.11. The van der Waals surface area contributed by atoms with Crippen molar-refractivity contribution in [2.24, 2.45) is 0 Å². The molecule has 0 spiro atoms. The molecule has 1 aliphatic rings. The van der Waals surface area contributed by atoms with E-state index in [2.05, 4.69) is 15.2 Å². The van der Waals surface area contributed by atoms with E-state index in [1.165, 1.54) is 0 Å². The smallest absolute Gasteiger partial charge is 0.237 e. The monoisotopic (exact) mass is 239 g/mol. The zero-order chi connectivity index (χ0) is 11.5. The molecule has 0 aliphatic carbocycles. The number of amides is 1. The molecule has 86 valence electrons. The van der Waals surface area contributed by atoms with E-state index >= 15 is 0 Å². The van der Waals surface area contributed by atoms with Crippen LogP contribution in [-0.4, -0.2) is 34.9 Å². The fourth-order valence-corrected chi connectivity index (χ4v) is 1.89. The Morgan fingerprint density at radius 2 is 2.44 bits per heavy atom. The van der Waals surface area contributed by atoms with Gasteiger partial charge in [-0.15, -0.1) is 0 Å². The van der Waals surface area contributed by atoms with Gasteiger partial charge in [0.25, 0.3) is 0 Å². The number of carbonyl (C=O) groups is 1. The quantitative estimate of drug-likeness (QED) is 0.785. The number of piperazine rings is 1. The number of nitrogens with one attached hydrogen (secondary N) is 1. The van der Waals surface area contributed by atoms with Gasteiger partial charge in [0.2, 0.25) is 5.91 Å². The Labute approximate surface area is 99.6 Å². The maximum absolute atomic E-state index is 11.5. The van der Waals surface area contributed by atoms with Crippen LogP contribution in [0.4, 0.5) is 0 Å². The number of carbonyl (C=O) groups excluding carboxylic acids is 1. The average Bonchev–Trinajstić information content (AvgIpc) is 2.28. The predicted octanol–water partition coefficient (Wildman–Crippen LogP) is 1.06. The first-order valence-corrected chi connectivity index (χ1v) is 5.67. The van der Waals surface area contributed by atoms with Gasteiger partial charge in [0.1, 0.15) is 5.15 Å². The molecule has 1 unspecified atom stereocenters. The van der Waals surface area contributed by atoms with E-state index in [0.29, 0.717) is 11.7 Å². The molecule has 0 radical (unpaired) electrons. The van der Waals surface area contributed by atoms with Gasteiger partial charge in [-0.3, -0.25) is 9.69 Å². The van der Waals surface area contributed by atoms with Gasteiger partial charge in [-0.05, 0) is 18.6 Å². The van der Waals surface area contributed by atoms with E-state index in [0.717, 1.165) is 18.7 Å². The summed E-state index contributed by atoms with van der Waals surface area (Å²) in [5.41, 5.74) is 1.07. The minimum atomic E-state index is -0.0792. The molecular weight excluding hydrogens is 226 g/mol. The fourth-order valence-electron chi connectivity index (χ4n) is 1.78. The minimum absolute atomic E-state index is 0.0792. The van der Waals surface area contributed by atoms with E-state index in [1.807, 2.05) is 13.0 Å². The predicted molar refractivity (Wildman–Crippen MR) is 62.1 cm³/mol. The highest BCUT2D eigenvalue weighted by molar-refractivity contribution is 6.29. The summed E-state index contributed by atoms with van der Waals surface area (Å²) < 4.78 is 0. The van der Waals surface area contributed by atoms with Crippen molar-refractivity contribution in [1.29, 1.82) is 0 Å². The number of nitrogens with zero attached hydrogens (tertiary/aromatic N) is 2. The van der Waals surface area contributed by atoms with Gasteiger partial charge in [0.05, 0.1) is 6.04 Å². The number of pyridine rings is 1. The Bertz CT molecular complexity index is 379. The Balaban J connectivity index is 2.03. The van der Waals surface area contributed by atoms with E-state index in [-0.39, 0.29) is 11.9 Å². The molecule has 2 heterocycles. The van der Waals surface area contributed by atoms with Crippen LogP contribution in [-0.2, 0) is 11.3 Å². The van der Waals surface area contributed by atoms with Crippen LogP contribution in [0, 0.1) is 0 Å². The third-order valence-corrected chi connectivity index (χ3v) is 3.02. The molecule has 1 amide bonds. The van der Waals surface area contributed by atoms with Gasteiger partial charge in [-0.25, -0.2) is 4.98 Å². The maximum Gasteiger partial charge on any atom is 0.237 e. The number of rotatable bonds is 2. The van der Waals surface area contributed by atoms with Crippen LogP contribution in [0.25, 0.3) is 0 Å². The first kappa shape index (κ1) is 11.4. The van der Waals surface area contributed by atoms with Crippen molar-refractivity contribution in [3.8, 4) is 0 Å². The molecule has 4 nitrogen and oxygen atoms in total. The zero-order valence-electron chi connectivity index (χ0n) is 9.11. The van der Waals surface area contributed by atoms with E-state index < -0.39 is 0 Å². The maximum atomic E-state index is 11.5. The molecule has 1 aliphatic heterocycles. The summed E-state index contributed by atoms with van der Waals surface area (Å²) >= 11 is 5.72. The lowest BCUT2D eigenvalue weighted by atomic mass is 10.1. The summed E-state index contributed by atoms with van der Waals surface area (Å²) in [6.45, 7) is 4.23. The van der Waals surface area contributed by atoms with Crippen LogP contribution in [0.15, 0.2) is 18.3 Å². The highest BCUT2D eigenvalue weighted by Gasteiger charge is 2.24. The van der Waals surface area contributed by atoms with Gasteiger partial charge in [0, 0.05) is 25.8 Å². The van der Waals surface area contributed by atoms with Crippen LogP contribution in [0.1, 0.15) is 12.5 Å². The molecule has 1 aromatic rings. The van der Waals surface area contributed by atoms with E-state index in [1.54, 1.807) is 12.3 Å². The molecule has 0 bridgehead atoms. The highest BCUT2D eigenvalue weighted by atomic mass is 35.5. The molecule has 2 rings (SSSR count). The van der Waals surface area contributed by atoms with Crippen LogP contribution < -0.4 is 5.32 Å². The molecule has 1 atom stereocenters. The summed E-state index contributed by atoms with van der Waals surface area (Å²) in [5, 5.41) is 3.33. The van der Waals surface area contributed by atoms with Crippen LogP contribution >= 0.6 is 11.6 Å². The summed E-state index contributed by atoms with van der Waals surface area (Å²) in [6, 6.07) is 3.63. The minimum Gasteiger partial charge on any atom is -0.353 e. The van der Waals surface area contributed by atoms with Crippen molar-refractivity contribution in [3.63, 3.8) is 0 Å². The third kappa shape index (κ3) is 2.51. The van der Waals surface area contributed by atoms with Crippen LogP contribution in [0.2, 0.25) is 5.15 Å². The second-order valence-electron chi connectivity index (χ2n) is 3.93. The molecule has 1 aromatic heterocycles. The van der Waals surface area contributed by atoms with Crippen LogP contribution in [0.5, 0.6) is 0 Å². The lowest BCUT2D eigenvalue weighted by molar-refractivity contribution is -0.128. The average molecular weight is 240 g/mol. The Kier molecular flexibility index (Phi) is 3.41. The largest absolute Gasteiger partial charge is 0.353 e. The first-order chi connectivity index (χ1) is 7.66. The normalized spacial score (nSPS) is 21.9. The second kappa shape index (κ2) is 4.80. The summed E-state index contributed by atoms with van der Waals surface area (Å²) in [7, 11) is 0. The number of halogens is 1. The lowest BCUT2D eigenvalue weighted by Gasteiger charge is -2.32. The van der Waals surface area contributed by atoms with Gasteiger partial charge in [0.15, 0.2) is 0 Å². The van der Waals surface area contributed by atoms with Crippen molar-refractivity contribution >= 4 is 17.5 Å². The fraction of sp³-hybridized carbons (Fsp3) is 0.455. The van der Waals surface area contributed by atoms with Crippen molar-refractivity contribution in [2.75, 3.05) is 13.1 Å². The van der Waals surface area contributed by atoms with E-state index in [9.17, 15) is 4.79 Å². The van der Waals surface area contributed by atoms with Crippen molar-refractivity contribution < 1.29 is 4.79 Å². The van der Waals surface area contributed by atoms with Gasteiger partial charge in [-0.1, -0.05) is 17.7 Å². The third-order valence-electron chi connectivity index (χ3n) is 2.80. The SMILES string of the molecule is CC1C(=O)NCCN1Cc1ccc(Cl)nc1. The summed E-state index contributed by atoms with van der Waals surface area (Å²) in [6.07, 6.45) is 1.75. The molecule has 1 N–H and O–H groups in total. The molecule has 0 aromatic carbocycles. The topological polar surface area (TPSA) is 45.2 Å². The molecular formula is C11H14ClN3O. The lowest BCUT2D eigenvalue weighted by Crippen LogP contribution is -2.53. The number of hydrogen-bond acceptors (Lipinski definition) is 3. The summed E-state index contributed by atoms with van der Waals surface area (Å²) in [4.78, 5) is 17.6. The first-order valence-electron chi connectivity index (χ1n) is 5.29. The number of aromatic nitrogens is 1. The van der Waals surface area contributed by atoms with Gasteiger partial charge < -0.3 is 5.32 Å². The molecule has 1 fully saturated rings. The van der Waals surface area contributed by atoms with Crippen LogP contribution in [0.3, 0.4) is 0 Å². The van der Waals surface area contributed by atoms with Gasteiger partial charge in [-0.2, -0.15) is 0 Å². The second-order valence-corrected chi connectivity index (χ2v) is 4.31. The van der Waals surface area contributed by atoms with Crippen molar-refractivity contribution in [2.45, 2.75) is 19.5 Å². The van der Waals surface area contributed by atoms with E-state index in [4.69, 9.17) is 11.6 Å². The standard InChI is InChI=1S/C11H14ClN3O/c1-8-11(16)13-4-5-15(8)7-9-2-3-10(12)14-6-9/h2-3,6,8H,4-5,7H2,1H3,(H,13,16). The zero-order valence-corrected chi connectivity index (χ0v) is 9.87. The Morgan fingerprint density at radius 1 is 1.62 bits per heavy atom. The Morgan fingerprint density at radius 3 is 3.12 bits per heavy atom. The summed E-state index contributed by atoms with van der Waals surface area (Å²) in [5.74, 6) is 0.0909. The molecule has 1 saturated heterocycles. The van der Waals surface area contributed by atoms with Gasteiger partial charge >= 0.3 is 0 Å². The van der Waals surface area contributed by atoms with Crippen molar-refractivity contribution in [3.05, 3.63) is 29.0 Å². The molecule has 16 heavy (non-hydrogen) atoms. The number of hydrogen-bond donors (Lipinski definition) is 1. The molecule has 5 heteroatoms. The Hall–Kier alpha value is -1.13.